The summed E-state index contributed by atoms with van der Waals surface area (Å²) in [6.45, 7) is 0.970. The fraction of sp³-hybridized carbons (Fsp3) is 0.306. The molecule has 1 aliphatic rings. The van der Waals surface area contributed by atoms with Gasteiger partial charge in [-0.25, -0.2) is 9.97 Å². The van der Waals surface area contributed by atoms with Crippen LogP contribution in [0.3, 0.4) is 0 Å². The number of hydrogen-bond acceptors (Lipinski definition) is 9. The number of benzene rings is 3. The number of carbonyl (C=O) groups is 3. The Labute approximate surface area is 287 Å². The second kappa shape index (κ2) is 15.7. The van der Waals surface area contributed by atoms with Crippen LogP contribution in [0, 0.1) is 0 Å². The first kappa shape index (κ1) is 33.5. The summed E-state index contributed by atoms with van der Waals surface area (Å²) in [5.74, 6) is -1.19. The second-order valence-corrected chi connectivity index (χ2v) is 13.0. The zero-order valence-electron chi connectivity index (χ0n) is 26.2. The Hall–Kier alpha value is -4.42. The predicted octanol–water partition coefficient (Wildman–Crippen LogP) is 5.83. The molecule has 2 aromatic heterocycles. The lowest BCUT2D eigenvalue weighted by Crippen LogP contribution is -2.51. The van der Waals surface area contributed by atoms with Crippen LogP contribution >= 0.6 is 22.9 Å². The first-order valence-electron chi connectivity index (χ1n) is 15.9. The Bertz CT molecular complexity index is 1830. The number of para-hydroxylation sites is 2. The smallest absolute Gasteiger partial charge is 0.266 e. The molecule has 0 saturated carbocycles. The van der Waals surface area contributed by atoms with Gasteiger partial charge in [-0.3, -0.25) is 14.4 Å². The molecule has 1 aliphatic heterocycles. The van der Waals surface area contributed by atoms with Crippen molar-refractivity contribution >= 4 is 51.6 Å². The number of nitrogens with two attached hydrogens (primary N) is 1. The number of unbranched alkanes of at least 4 members (excludes halogenated alkanes) is 1. The molecule has 3 N–H and O–H groups in total. The topological polar surface area (TPSA) is 141 Å². The molecule has 0 spiro atoms. The van der Waals surface area contributed by atoms with Gasteiger partial charge in [0.2, 0.25) is 17.6 Å². The summed E-state index contributed by atoms with van der Waals surface area (Å²) in [4.78, 5) is 52.1. The van der Waals surface area contributed by atoms with E-state index in [0.717, 1.165) is 16.1 Å². The molecule has 0 aliphatic carbocycles. The summed E-state index contributed by atoms with van der Waals surface area (Å²) in [6, 6.07) is 22.4. The second-order valence-electron chi connectivity index (χ2n) is 11.7. The monoisotopic (exact) mass is 685 g/mol. The van der Waals surface area contributed by atoms with E-state index in [9.17, 15) is 14.4 Å². The molecule has 248 valence electrons. The number of ether oxygens (including phenoxy) is 1. The standard InChI is InChI=1S/C36H36ClN5O5S/c37-25-15-13-23(14-16-25)21-46-27-19-30(42(20-27)32(43)18-26-22-48-36(39-26)24-8-2-1-3-9-24)34(45)40-29(11-6-7-17-38)33(44)35-41-28-10-4-5-12-31(28)47-35/h1-5,8-10,12-16,22,27,29-30H,6-7,11,17-21,38H2,(H,40,45)/t27-,29+,30+/m1/s1. The van der Waals surface area contributed by atoms with Crippen LogP contribution in [0.4, 0.5) is 0 Å². The van der Waals surface area contributed by atoms with Crippen molar-refractivity contribution in [1.82, 2.24) is 20.2 Å². The molecule has 3 heterocycles. The molecule has 12 heteroatoms. The van der Waals surface area contributed by atoms with Gasteiger partial charge in [-0.1, -0.05) is 66.2 Å². The van der Waals surface area contributed by atoms with Crippen LogP contribution < -0.4 is 11.1 Å². The van der Waals surface area contributed by atoms with Crippen molar-refractivity contribution in [3.63, 3.8) is 0 Å². The number of oxazole rings is 1. The van der Waals surface area contributed by atoms with E-state index < -0.39 is 29.9 Å². The average Bonchev–Trinajstić information content (AvgIpc) is 3.86. The van der Waals surface area contributed by atoms with Gasteiger partial charge in [-0.2, -0.15) is 0 Å². The predicted molar refractivity (Wildman–Crippen MR) is 185 cm³/mol. The zero-order chi connectivity index (χ0) is 33.5. The van der Waals surface area contributed by atoms with E-state index >= 15 is 0 Å². The number of hydrogen-bond donors (Lipinski definition) is 2. The van der Waals surface area contributed by atoms with Crippen LogP contribution in [0.2, 0.25) is 5.02 Å². The summed E-state index contributed by atoms with van der Waals surface area (Å²) < 4.78 is 11.9. The van der Waals surface area contributed by atoms with E-state index in [4.69, 9.17) is 26.5 Å². The Morgan fingerprint density at radius 3 is 2.56 bits per heavy atom. The number of aromatic nitrogens is 2. The number of thiazole rings is 1. The van der Waals surface area contributed by atoms with Crippen molar-refractivity contribution in [2.75, 3.05) is 13.1 Å². The van der Waals surface area contributed by atoms with Crippen LogP contribution in [0.1, 0.15) is 47.6 Å². The number of rotatable bonds is 14. The first-order chi connectivity index (χ1) is 23.4. The summed E-state index contributed by atoms with van der Waals surface area (Å²) >= 11 is 7.50. The molecule has 10 nitrogen and oxygen atoms in total. The van der Waals surface area contributed by atoms with Crippen molar-refractivity contribution in [3.05, 3.63) is 106 Å². The Morgan fingerprint density at radius 2 is 1.79 bits per heavy atom. The summed E-state index contributed by atoms with van der Waals surface area (Å²) in [6.07, 6.45) is 1.53. The van der Waals surface area contributed by atoms with Gasteiger partial charge in [-0.15, -0.1) is 11.3 Å². The van der Waals surface area contributed by atoms with E-state index in [2.05, 4.69) is 15.3 Å². The number of nitrogens with one attached hydrogen (secondary N) is 1. The highest BCUT2D eigenvalue weighted by Crippen LogP contribution is 2.27. The van der Waals surface area contributed by atoms with E-state index in [1.165, 1.54) is 11.3 Å². The van der Waals surface area contributed by atoms with Crippen LogP contribution in [0.15, 0.2) is 88.7 Å². The summed E-state index contributed by atoms with van der Waals surface area (Å²) in [5.41, 5.74) is 9.28. The number of halogens is 1. The van der Waals surface area contributed by atoms with Crippen LogP contribution in [0.5, 0.6) is 0 Å². The number of Topliss-reactive ketones (excluding diaryl/α,β-unsaturated/α-hetero) is 1. The van der Waals surface area contributed by atoms with Gasteiger partial charge < -0.3 is 25.1 Å². The number of ketones is 1. The molecule has 1 saturated heterocycles. The molecule has 6 rings (SSSR count). The maximum Gasteiger partial charge on any atom is 0.266 e. The molecule has 48 heavy (non-hydrogen) atoms. The minimum absolute atomic E-state index is 0.0266. The SMILES string of the molecule is NCCCC[C@H](NC(=O)[C@@H]1C[C@@H](OCc2ccc(Cl)cc2)CN1C(=O)Cc1csc(-c2ccccc2)n1)C(=O)c1nc2ccccc2o1. The van der Waals surface area contributed by atoms with E-state index in [1.54, 1.807) is 35.2 Å². The van der Waals surface area contributed by atoms with Crippen molar-refractivity contribution in [1.29, 1.82) is 0 Å². The van der Waals surface area contributed by atoms with Crippen molar-refractivity contribution in [2.45, 2.75) is 56.9 Å². The number of amides is 2. The maximum atomic E-state index is 14.0. The highest BCUT2D eigenvalue weighted by Gasteiger charge is 2.41. The van der Waals surface area contributed by atoms with Crippen molar-refractivity contribution in [3.8, 4) is 10.6 Å². The van der Waals surface area contributed by atoms with Gasteiger partial charge in [0.05, 0.1) is 30.9 Å². The molecule has 1 fully saturated rings. The highest BCUT2D eigenvalue weighted by atomic mass is 35.5. The van der Waals surface area contributed by atoms with Crippen molar-refractivity contribution in [2.24, 2.45) is 5.73 Å². The minimum atomic E-state index is -0.907. The first-order valence-corrected chi connectivity index (χ1v) is 17.2. The maximum absolute atomic E-state index is 14.0. The van der Waals surface area contributed by atoms with E-state index in [0.29, 0.717) is 54.2 Å². The number of carbonyl (C=O) groups excluding carboxylic acids is 3. The molecular weight excluding hydrogens is 650 g/mol. The van der Waals surface area contributed by atoms with Gasteiger partial charge in [0.25, 0.3) is 5.89 Å². The zero-order valence-corrected chi connectivity index (χ0v) is 27.8. The number of likely N-dealkylation sites (tertiary alicyclic amines) is 1. The number of fused-ring (bicyclic) bond motifs is 1. The van der Waals surface area contributed by atoms with E-state index in [1.807, 2.05) is 53.9 Å². The van der Waals surface area contributed by atoms with Crippen LogP contribution in [-0.4, -0.2) is 63.7 Å². The quantitative estimate of drug-likeness (QED) is 0.110. The molecule has 5 aromatic rings. The van der Waals surface area contributed by atoms with Gasteiger partial charge in [0.15, 0.2) is 5.58 Å². The molecule has 0 radical (unpaired) electrons. The minimum Gasteiger partial charge on any atom is -0.434 e. The number of nitrogens with zero attached hydrogens (tertiary/aromatic N) is 3. The molecule has 3 atom stereocenters. The molecule has 3 aromatic carbocycles. The average molecular weight is 686 g/mol. The Morgan fingerprint density at radius 1 is 1.02 bits per heavy atom. The van der Waals surface area contributed by atoms with E-state index in [-0.39, 0.29) is 31.2 Å². The van der Waals surface area contributed by atoms with Crippen LogP contribution in [0.25, 0.3) is 21.7 Å². The Balaban J connectivity index is 1.19. The fourth-order valence-electron chi connectivity index (χ4n) is 5.75. The lowest BCUT2D eigenvalue weighted by molar-refractivity contribution is -0.138. The summed E-state index contributed by atoms with van der Waals surface area (Å²) in [5, 5.41) is 6.24. The lowest BCUT2D eigenvalue weighted by Gasteiger charge is -2.25. The van der Waals surface area contributed by atoms with Gasteiger partial charge >= 0.3 is 0 Å². The van der Waals surface area contributed by atoms with Crippen molar-refractivity contribution < 1.29 is 23.5 Å². The third kappa shape index (κ3) is 8.16. The third-order valence-electron chi connectivity index (χ3n) is 8.27. The molecule has 0 bridgehead atoms. The largest absolute Gasteiger partial charge is 0.434 e. The Kier molecular flexibility index (Phi) is 10.9. The fourth-order valence-corrected chi connectivity index (χ4v) is 6.70. The van der Waals surface area contributed by atoms with Gasteiger partial charge in [0, 0.05) is 28.9 Å². The lowest BCUT2D eigenvalue weighted by atomic mass is 10.0. The normalized spacial score (nSPS) is 16.7. The van der Waals surface area contributed by atoms with Gasteiger partial charge in [-0.05, 0) is 55.6 Å². The van der Waals surface area contributed by atoms with Crippen LogP contribution in [-0.2, 0) is 27.4 Å². The summed E-state index contributed by atoms with van der Waals surface area (Å²) in [7, 11) is 0. The molecular formula is C36H36ClN5O5S. The highest BCUT2D eigenvalue weighted by molar-refractivity contribution is 7.13. The molecule has 2 amide bonds. The van der Waals surface area contributed by atoms with Gasteiger partial charge in [0.1, 0.15) is 16.6 Å². The molecule has 0 unspecified atom stereocenters. The third-order valence-corrected chi connectivity index (χ3v) is 9.47.